The molecule has 1 aliphatic carbocycles. The van der Waals surface area contributed by atoms with E-state index < -0.39 is 21.3 Å². The van der Waals surface area contributed by atoms with E-state index in [0.29, 0.717) is 10.9 Å². The van der Waals surface area contributed by atoms with Gasteiger partial charge in [0.1, 0.15) is 0 Å². The molecule has 1 aliphatic rings. The van der Waals surface area contributed by atoms with Gasteiger partial charge in [-0.2, -0.15) is 4.31 Å². The van der Waals surface area contributed by atoms with Crippen LogP contribution in [0.25, 0.3) is 16.6 Å². The summed E-state index contributed by atoms with van der Waals surface area (Å²) in [4.78, 5) is 28.2. The van der Waals surface area contributed by atoms with Gasteiger partial charge in [-0.25, -0.2) is 17.8 Å². The molecule has 0 amide bonds. The molecule has 3 aromatic rings. The van der Waals surface area contributed by atoms with Crippen LogP contribution >= 0.6 is 11.6 Å². The maximum atomic E-state index is 13.2. The second kappa shape index (κ2) is 8.02. The zero-order chi connectivity index (χ0) is 21.5. The van der Waals surface area contributed by atoms with E-state index >= 15 is 0 Å². The van der Waals surface area contributed by atoms with Gasteiger partial charge in [0.05, 0.1) is 26.5 Å². The summed E-state index contributed by atoms with van der Waals surface area (Å²) >= 11 is 6.28. The van der Waals surface area contributed by atoms with E-state index in [4.69, 9.17) is 11.6 Å². The van der Waals surface area contributed by atoms with Crippen LogP contribution in [0.5, 0.6) is 0 Å². The van der Waals surface area contributed by atoms with E-state index in [2.05, 4.69) is 4.98 Å². The van der Waals surface area contributed by atoms with E-state index in [1.807, 2.05) is 0 Å². The molecule has 2 aromatic carbocycles. The Hall–Kier alpha value is -2.42. The van der Waals surface area contributed by atoms with Crippen LogP contribution in [0, 0.1) is 0 Å². The lowest BCUT2D eigenvalue weighted by molar-refractivity contribution is 0.286. The molecule has 1 aromatic heterocycles. The first-order valence-electron chi connectivity index (χ1n) is 9.83. The molecule has 0 atom stereocenters. The van der Waals surface area contributed by atoms with Crippen molar-refractivity contribution in [1.29, 1.82) is 0 Å². The Morgan fingerprint density at radius 2 is 1.77 bits per heavy atom. The number of fused-ring (bicyclic) bond motifs is 1. The average molecular weight is 448 g/mol. The summed E-state index contributed by atoms with van der Waals surface area (Å²) in [6.45, 7) is 0. The number of H-pyrrole nitrogens is 1. The SMILES string of the molecule is CN(C1CCCCC1)S(=O)(=O)c1ccc(Cl)c(-n2c(=O)[nH]c3ccccc3c2=O)c1. The molecule has 1 N–H and O–H groups in total. The van der Waals surface area contributed by atoms with Crippen molar-refractivity contribution in [2.45, 2.75) is 43.0 Å². The molecule has 7 nitrogen and oxygen atoms in total. The number of sulfonamides is 1. The maximum Gasteiger partial charge on any atom is 0.333 e. The fourth-order valence-electron chi connectivity index (χ4n) is 4.01. The van der Waals surface area contributed by atoms with Crippen molar-refractivity contribution in [3.63, 3.8) is 0 Å². The third kappa shape index (κ3) is 3.59. The number of nitrogens with zero attached hydrogens (tertiary/aromatic N) is 2. The molecular weight excluding hydrogens is 426 g/mol. The number of para-hydroxylation sites is 1. The third-order valence-corrected chi connectivity index (χ3v) is 7.96. The molecule has 0 radical (unpaired) electrons. The normalized spacial score (nSPS) is 15.7. The molecule has 9 heteroatoms. The summed E-state index contributed by atoms with van der Waals surface area (Å²) in [5.41, 5.74) is -0.810. The second-order valence-corrected chi connectivity index (χ2v) is 9.95. The number of halogens is 1. The van der Waals surface area contributed by atoms with E-state index in [0.717, 1.165) is 36.7 Å². The van der Waals surface area contributed by atoms with E-state index in [1.54, 1.807) is 31.3 Å². The van der Waals surface area contributed by atoms with Gasteiger partial charge in [-0.15, -0.1) is 0 Å². The van der Waals surface area contributed by atoms with Gasteiger partial charge in [-0.1, -0.05) is 43.0 Å². The van der Waals surface area contributed by atoms with Gasteiger partial charge >= 0.3 is 5.69 Å². The molecule has 1 heterocycles. The van der Waals surface area contributed by atoms with Crippen LogP contribution in [0.1, 0.15) is 32.1 Å². The first-order valence-corrected chi connectivity index (χ1v) is 11.6. The van der Waals surface area contributed by atoms with E-state index in [-0.39, 0.29) is 21.6 Å². The van der Waals surface area contributed by atoms with Crippen molar-refractivity contribution in [2.75, 3.05) is 7.05 Å². The Kier molecular flexibility index (Phi) is 5.57. The second-order valence-electron chi connectivity index (χ2n) is 7.54. The maximum absolute atomic E-state index is 13.2. The highest BCUT2D eigenvalue weighted by Gasteiger charge is 2.29. The van der Waals surface area contributed by atoms with Crippen molar-refractivity contribution >= 4 is 32.5 Å². The Bertz CT molecular complexity index is 1320. The largest absolute Gasteiger partial charge is 0.333 e. The van der Waals surface area contributed by atoms with Gasteiger partial charge in [-0.05, 0) is 43.2 Å². The summed E-state index contributed by atoms with van der Waals surface area (Å²) in [5.74, 6) is 0. The molecule has 0 bridgehead atoms. The minimum atomic E-state index is -3.81. The van der Waals surface area contributed by atoms with Crippen LogP contribution in [0.2, 0.25) is 5.02 Å². The minimum absolute atomic E-state index is 0.00516. The van der Waals surface area contributed by atoms with Crippen molar-refractivity contribution in [3.05, 3.63) is 68.3 Å². The van der Waals surface area contributed by atoms with Crippen LogP contribution in [0.4, 0.5) is 0 Å². The topological polar surface area (TPSA) is 92.2 Å². The highest BCUT2D eigenvalue weighted by atomic mass is 35.5. The van der Waals surface area contributed by atoms with Gasteiger partial charge in [0, 0.05) is 13.1 Å². The lowest BCUT2D eigenvalue weighted by atomic mass is 9.96. The molecule has 0 spiro atoms. The number of hydrogen-bond acceptors (Lipinski definition) is 4. The number of aromatic nitrogens is 2. The molecule has 0 saturated heterocycles. The van der Waals surface area contributed by atoms with Gasteiger partial charge in [0.2, 0.25) is 10.0 Å². The van der Waals surface area contributed by atoms with E-state index in [9.17, 15) is 18.0 Å². The number of hydrogen-bond donors (Lipinski definition) is 1. The van der Waals surface area contributed by atoms with E-state index in [1.165, 1.54) is 22.5 Å². The van der Waals surface area contributed by atoms with Crippen LogP contribution in [-0.4, -0.2) is 35.4 Å². The minimum Gasteiger partial charge on any atom is -0.306 e. The average Bonchev–Trinajstić information content (AvgIpc) is 2.75. The summed E-state index contributed by atoms with van der Waals surface area (Å²) in [6, 6.07) is 10.7. The lowest BCUT2D eigenvalue weighted by Crippen LogP contribution is -2.38. The van der Waals surface area contributed by atoms with Crippen LogP contribution in [0.3, 0.4) is 0 Å². The number of benzene rings is 2. The van der Waals surface area contributed by atoms with Gasteiger partial charge in [-0.3, -0.25) is 4.79 Å². The molecule has 30 heavy (non-hydrogen) atoms. The highest BCUT2D eigenvalue weighted by Crippen LogP contribution is 2.29. The molecule has 1 saturated carbocycles. The Morgan fingerprint density at radius 1 is 1.07 bits per heavy atom. The summed E-state index contributed by atoms with van der Waals surface area (Å²) in [6.07, 6.45) is 4.75. The van der Waals surface area contributed by atoms with Crippen LogP contribution < -0.4 is 11.2 Å². The first kappa shape index (κ1) is 20.8. The molecule has 158 valence electrons. The van der Waals surface area contributed by atoms with Crippen molar-refractivity contribution in [3.8, 4) is 5.69 Å². The Balaban J connectivity index is 1.85. The molecule has 1 fully saturated rings. The summed E-state index contributed by atoms with van der Waals surface area (Å²) < 4.78 is 28.7. The molecule has 0 unspecified atom stereocenters. The molecule has 4 rings (SSSR count). The molecular formula is C21H22ClN3O4S. The summed E-state index contributed by atoms with van der Waals surface area (Å²) in [5, 5.41) is 0.415. The standard InChI is InChI=1S/C21H22ClN3O4S/c1-24(14-7-3-2-4-8-14)30(28,29)15-11-12-17(22)19(13-15)25-20(26)16-9-5-6-10-18(16)23-21(25)27/h5-6,9-14H,2-4,7-8H2,1H3,(H,23,27). The van der Waals surface area contributed by atoms with Gasteiger partial charge < -0.3 is 4.98 Å². The molecule has 0 aliphatic heterocycles. The monoisotopic (exact) mass is 447 g/mol. The first-order chi connectivity index (χ1) is 14.3. The fourth-order valence-corrected chi connectivity index (χ4v) is 5.65. The van der Waals surface area contributed by atoms with Crippen LogP contribution in [0.15, 0.2) is 56.9 Å². The number of rotatable bonds is 4. The van der Waals surface area contributed by atoms with Crippen molar-refractivity contribution < 1.29 is 8.42 Å². The van der Waals surface area contributed by atoms with Gasteiger partial charge in [0.25, 0.3) is 5.56 Å². The zero-order valence-corrected chi connectivity index (χ0v) is 18.0. The lowest BCUT2D eigenvalue weighted by Gasteiger charge is -2.30. The Labute approximate surface area is 179 Å². The summed E-state index contributed by atoms with van der Waals surface area (Å²) in [7, 11) is -2.23. The highest BCUT2D eigenvalue weighted by molar-refractivity contribution is 7.89. The predicted octanol–water partition coefficient (Wildman–Crippen LogP) is 3.29. The Morgan fingerprint density at radius 3 is 2.50 bits per heavy atom. The zero-order valence-electron chi connectivity index (χ0n) is 16.5. The predicted molar refractivity (Wildman–Crippen MR) is 117 cm³/mol. The van der Waals surface area contributed by atoms with Crippen LogP contribution in [-0.2, 0) is 10.0 Å². The smallest absolute Gasteiger partial charge is 0.306 e. The fraction of sp³-hybridized carbons (Fsp3) is 0.333. The number of nitrogens with one attached hydrogen (secondary N) is 1. The quantitative estimate of drug-likeness (QED) is 0.664. The third-order valence-electron chi connectivity index (χ3n) is 5.73. The van der Waals surface area contributed by atoms with Gasteiger partial charge in [0.15, 0.2) is 0 Å². The van der Waals surface area contributed by atoms with Crippen molar-refractivity contribution in [2.24, 2.45) is 0 Å². The van der Waals surface area contributed by atoms with Crippen molar-refractivity contribution in [1.82, 2.24) is 13.9 Å². The number of aromatic amines is 1.